The molecule has 0 aliphatic carbocycles. The van der Waals surface area contributed by atoms with Crippen molar-refractivity contribution in [3.8, 4) is 5.82 Å². The Morgan fingerprint density at radius 3 is 2.57 bits per heavy atom. The van der Waals surface area contributed by atoms with E-state index in [9.17, 15) is 4.79 Å². The van der Waals surface area contributed by atoms with Crippen LogP contribution < -0.4 is 15.4 Å². The fraction of sp³-hybridized carbons (Fsp3) is 0.421. The molecular formula is C19H24N8O. The number of nitrogens with zero attached hydrogens (tertiary/aromatic N) is 8. The molecule has 0 N–H and O–H groups in total. The lowest BCUT2D eigenvalue weighted by Gasteiger charge is -2.40. The van der Waals surface area contributed by atoms with Crippen LogP contribution in [0.2, 0.25) is 0 Å². The Kier molecular flexibility index (Phi) is 4.58. The van der Waals surface area contributed by atoms with E-state index in [0.717, 1.165) is 30.3 Å². The van der Waals surface area contributed by atoms with E-state index in [1.54, 1.807) is 27.7 Å². The van der Waals surface area contributed by atoms with Gasteiger partial charge in [-0.05, 0) is 32.0 Å². The number of hydrogen-bond acceptors (Lipinski definition) is 7. The molecule has 9 heteroatoms. The Morgan fingerprint density at radius 2 is 1.89 bits per heavy atom. The molecule has 9 nitrogen and oxygen atoms in total. The van der Waals surface area contributed by atoms with Gasteiger partial charge in [-0.1, -0.05) is 0 Å². The second kappa shape index (κ2) is 7.06. The minimum absolute atomic E-state index is 0.0966. The molecule has 28 heavy (non-hydrogen) atoms. The van der Waals surface area contributed by atoms with E-state index >= 15 is 0 Å². The number of rotatable bonds is 5. The van der Waals surface area contributed by atoms with Crippen molar-refractivity contribution < 1.29 is 0 Å². The lowest BCUT2D eigenvalue weighted by Crippen LogP contribution is -2.50. The molecule has 0 bridgehead atoms. The van der Waals surface area contributed by atoms with E-state index in [-0.39, 0.29) is 5.56 Å². The zero-order chi connectivity index (χ0) is 19.8. The molecule has 0 spiro atoms. The molecule has 0 aromatic carbocycles. The quantitative estimate of drug-likeness (QED) is 0.654. The average molecular weight is 380 g/mol. The van der Waals surface area contributed by atoms with Gasteiger partial charge in [0.05, 0.1) is 12.2 Å². The molecule has 4 rings (SSSR count). The van der Waals surface area contributed by atoms with Crippen LogP contribution in [0.3, 0.4) is 0 Å². The van der Waals surface area contributed by atoms with Gasteiger partial charge in [-0.25, -0.2) is 14.3 Å². The minimum atomic E-state index is -0.0966. The van der Waals surface area contributed by atoms with E-state index in [2.05, 4.69) is 25.1 Å². The Labute approximate surface area is 163 Å². The van der Waals surface area contributed by atoms with Crippen LogP contribution in [0.25, 0.3) is 5.82 Å². The Hall–Kier alpha value is -3.23. The van der Waals surface area contributed by atoms with E-state index < -0.39 is 0 Å². The molecule has 1 fully saturated rings. The third kappa shape index (κ3) is 3.47. The number of anilines is 2. The van der Waals surface area contributed by atoms with Crippen LogP contribution in [0.1, 0.15) is 11.4 Å². The van der Waals surface area contributed by atoms with Gasteiger partial charge in [-0.15, -0.1) is 5.10 Å². The molecule has 1 saturated heterocycles. The van der Waals surface area contributed by atoms with E-state index in [4.69, 9.17) is 0 Å². The predicted octanol–water partition coefficient (Wildman–Crippen LogP) is 1.04. The summed E-state index contributed by atoms with van der Waals surface area (Å²) < 4.78 is 3.31. The largest absolute Gasteiger partial charge is 0.356 e. The minimum Gasteiger partial charge on any atom is -0.356 e. The summed E-state index contributed by atoms with van der Waals surface area (Å²) in [7, 11) is 3.85. The molecule has 0 atom stereocenters. The molecule has 1 aliphatic rings. The van der Waals surface area contributed by atoms with Crippen molar-refractivity contribution in [2.45, 2.75) is 20.4 Å². The van der Waals surface area contributed by atoms with Gasteiger partial charge in [0.2, 0.25) is 5.95 Å². The summed E-state index contributed by atoms with van der Waals surface area (Å²) in [4.78, 5) is 25.2. The molecular weight excluding hydrogens is 356 g/mol. The van der Waals surface area contributed by atoms with Gasteiger partial charge >= 0.3 is 0 Å². The van der Waals surface area contributed by atoms with Crippen molar-refractivity contribution >= 4 is 11.8 Å². The smallest absolute Gasteiger partial charge is 0.266 e. The van der Waals surface area contributed by atoms with Gasteiger partial charge in [-0.3, -0.25) is 4.79 Å². The Morgan fingerprint density at radius 1 is 1.11 bits per heavy atom. The van der Waals surface area contributed by atoms with Crippen LogP contribution in [0.5, 0.6) is 0 Å². The SMILES string of the molecule is Cc1cc(C)n(-c2ccc(=O)n(CC3CN(c4ccnc(N(C)C)n4)C3)n2)n1. The maximum Gasteiger partial charge on any atom is 0.266 e. The fourth-order valence-electron chi connectivity index (χ4n) is 3.39. The zero-order valence-electron chi connectivity index (χ0n) is 16.6. The first kappa shape index (κ1) is 18.1. The van der Waals surface area contributed by atoms with Crippen LogP contribution in [-0.4, -0.2) is 56.7 Å². The van der Waals surface area contributed by atoms with Crippen molar-refractivity contribution in [2.75, 3.05) is 37.0 Å². The lowest BCUT2D eigenvalue weighted by molar-refractivity contribution is 0.332. The van der Waals surface area contributed by atoms with Crippen molar-refractivity contribution in [1.29, 1.82) is 0 Å². The molecule has 1 aliphatic heterocycles. The van der Waals surface area contributed by atoms with Crippen molar-refractivity contribution in [3.05, 3.63) is 52.2 Å². The van der Waals surface area contributed by atoms with Gasteiger partial charge < -0.3 is 9.80 Å². The first-order valence-corrected chi connectivity index (χ1v) is 9.28. The highest BCUT2D eigenvalue weighted by Gasteiger charge is 2.29. The average Bonchev–Trinajstić information content (AvgIpc) is 2.97. The highest BCUT2D eigenvalue weighted by molar-refractivity contribution is 5.45. The van der Waals surface area contributed by atoms with Gasteiger partial charge in [0, 0.05) is 51.1 Å². The van der Waals surface area contributed by atoms with Crippen LogP contribution in [0.15, 0.2) is 35.3 Å². The third-order valence-electron chi connectivity index (χ3n) is 4.82. The van der Waals surface area contributed by atoms with Crippen LogP contribution in [-0.2, 0) is 6.54 Å². The number of aryl methyl sites for hydroxylation is 2. The first-order valence-electron chi connectivity index (χ1n) is 9.28. The van der Waals surface area contributed by atoms with Crippen LogP contribution >= 0.6 is 0 Å². The van der Waals surface area contributed by atoms with Gasteiger partial charge in [0.25, 0.3) is 5.56 Å². The summed E-state index contributed by atoms with van der Waals surface area (Å²) in [6, 6.07) is 7.18. The second-order valence-electron chi connectivity index (χ2n) is 7.43. The van der Waals surface area contributed by atoms with E-state index in [1.807, 2.05) is 45.0 Å². The summed E-state index contributed by atoms with van der Waals surface area (Å²) in [5, 5.41) is 8.98. The summed E-state index contributed by atoms with van der Waals surface area (Å²) in [6.45, 7) is 6.17. The summed E-state index contributed by atoms with van der Waals surface area (Å²) in [5.74, 6) is 2.61. The van der Waals surface area contributed by atoms with Crippen molar-refractivity contribution in [1.82, 2.24) is 29.5 Å². The third-order valence-corrected chi connectivity index (χ3v) is 4.82. The number of hydrogen-bond donors (Lipinski definition) is 0. The molecule has 146 valence electrons. The maximum atomic E-state index is 12.3. The molecule has 0 saturated carbocycles. The standard InChI is InChI=1S/C19H24N8O/c1-13-9-14(2)27(22-13)17-5-6-18(28)26(23-17)12-15-10-25(11-15)16-7-8-20-19(21-16)24(3)4/h5-9,15H,10-12H2,1-4H3. The molecule has 0 amide bonds. The first-order chi connectivity index (χ1) is 13.4. The highest BCUT2D eigenvalue weighted by atomic mass is 16.1. The summed E-state index contributed by atoms with van der Waals surface area (Å²) in [5.41, 5.74) is 1.82. The van der Waals surface area contributed by atoms with Crippen LogP contribution in [0.4, 0.5) is 11.8 Å². The molecule has 0 unspecified atom stereocenters. The number of aromatic nitrogens is 6. The Bertz CT molecular complexity index is 1050. The monoisotopic (exact) mass is 380 g/mol. The van der Waals surface area contributed by atoms with Crippen molar-refractivity contribution in [2.24, 2.45) is 5.92 Å². The second-order valence-corrected chi connectivity index (χ2v) is 7.43. The van der Waals surface area contributed by atoms with Crippen LogP contribution in [0, 0.1) is 19.8 Å². The van der Waals surface area contributed by atoms with E-state index in [1.165, 1.54) is 0 Å². The summed E-state index contributed by atoms with van der Waals surface area (Å²) in [6.07, 6.45) is 1.77. The molecule has 3 aromatic rings. The summed E-state index contributed by atoms with van der Waals surface area (Å²) >= 11 is 0. The lowest BCUT2D eigenvalue weighted by atomic mass is 10.0. The molecule has 3 aromatic heterocycles. The van der Waals surface area contributed by atoms with E-state index in [0.29, 0.717) is 24.2 Å². The topological polar surface area (TPSA) is 85.0 Å². The maximum absolute atomic E-state index is 12.3. The molecule has 4 heterocycles. The predicted molar refractivity (Wildman–Crippen MR) is 107 cm³/mol. The zero-order valence-corrected chi connectivity index (χ0v) is 16.6. The van der Waals surface area contributed by atoms with Gasteiger partial charge in [-0.2, -0.15) is 10.1 Å². The fourth-order valence-corrected chi connectivity index (χ4v) is 3.39. The molecule has 0 radical (unpaired) electrons. The normalized spacial score (nSPS) is 14.2. The highest BCUT2D eigenvalue weighted by Crippen LogP contribution is 2.24. The Balaban J connectivity index is 1.46. The van der Waals surface area contributed by atoms with Crippen molar-refractivity contribution in [3.63, 3.8) is 0 Å². The van der Waals surface area contributed by atoms with Gasteiger partial charge in [0.15, 0.2) is 5.82 Å². The van der Waals surface area contributed by atoms with Gasteiger partial charge in [0.1, 0.15) is 5.82 Å².